The number of rotatable bonds is 1. The van der Waals surface area contributed by atoms with Crippen LogP contribution in [0.2, 0.25) is 0 Å². The Hall–Kier alpha value is -2.29. The number of methoxy groups -OCH3 is 1. The Morgan fingerprint density at radius 2 is 1.94 bits per heavy atom. The van der Waals surface area contributed by atoms with Crippen LogP contribution in [0.15, 0.2) is 24.3 Å². The van der Waals surface area contributed by atoms with Crippen molar-refractivity contribution in [2.75, 3.05) is 7.11 Å². The summed E-state index contributed by atoms with van der Waals surface area (Å²) in [4.78, 5) is 3.83. The van der Waals surface area contributed by atoms with Crippen molar-refractivity contribution in [1.82, 2.24) is 4.98 Å². The lowest BCUT2D eigenvalue weighted by Crippen LogP contribution is -2.08. The fraction of sp³-hybridized carbons (Fsp3) is 0.167. The number of fused-ring (bicyclic) bond motifs is 1. The SMILES string of the molecule is COc1ccc2nc(C#N)ccc2c1C(F)(F)F. The average Bonchev–Trinajstić information content (AvgIpc) is 2.35. The molecule has 0 aliphatic rings. The number of ether oxygens (including phenoxy) is 1. The first-order valence-electron chi connectivity index (χ1n) is 4.92. The van der Waals surface area contributed by atoms with Gasteiger partial charge in [-0.25, -0.2) is 4.98 Å². The van der Waals surface area contributed by atoms with Crippen molar-refractivity contribution in [3.8, 4) is 11.8 Å². The van der Waals surface area contributed by atoms with Crippen molar-refractivity contribution in [1.29, 1.82) is 5.26 Å². The smallest absolute Gasteiger partial charge is 0.420 e. The lowest BCUT2D eigenvalue weighted by atomic mass is 10.1. The minimum absolute atomic E-state index is 0.0702. The maximum Gasteiger partial charge on any atom is 0.420 e. The molecule has 0 saturated heterocycles. The highest BCUT2D eigenvalue weighted by atomic mass is 19.4. The van der Waals surface area contributed by atoms with Gasteiger partial charge in [0.1, 0.15) is 23.1 Å². The van der Waals surface area contributed by atoms with E-state index in [4.69, 9.17) is 10.00 Å². The molecular formula is C12H7F3N2O. The third-order valence-corrected chi connectivity index (χ3v) is 2.45. The summed E-state index contributed by atoms with van der Waals surface area (Å²) in [7, 11) is 1.17. The van der Waals surface area contributed by atoms with Gasteiger partial charge >= 0.3 is 6.18 Å². The zero-order valence-electron chi connectivity index (χ0n) is 9.25. The molecule has 0 atom stereocenters. The van der Waals surface area contributed by atoms with Crippen molar-refractivity contribution in [3.63, 3.8) is 0 Å². The van der Waals surface area contributed by atoms with E-state index in [1.165, 1.54) is 31.4 Å². The van der Waals surface area contributed by atoms with Crippen LogP contribution in [-0.2, 0) is 6.18 Å². The van der Waals surface area contributed by atoms with Gasteiger partial charge in [-0.05, 0) is 24.3 Å². The van der Waals surface area contributed by atoms with Crippen molar-refractivity contribution >= 4 is 10.9 Å². The van der Waals surface area contributed by atoms with E-state index in [9.17, 15) is 13.2 Å². The van der Waals surface area contributed by atoms with E-state index in [1.54, 1.807) is 6.07 Å². The summed E-state index contributed by atoms with van der Waals surface area (Å²) in [6.07, 6.45) is -4.54. The summed E-state index contributed by atoms with van der Waals surface area (Å²) >= 11 is 0. The van der Waals surface area contributed by atoms with Gasteiger partial charge in [0.25, 0.3) is 0 Å². The maximum absolute atomic E-state index is 13.0. The zero-order valence-corrected chi connectivity index (χ0v) is 9.25. The summed E-state index contributed by atoms with van der Waals surface area (Å²) in [5.74, 6) is -0.262. The number of hydrogen-bond donors (Lipinski definition) is 0. The van der Waals surface area contributed by atoms with E-state index in [1.807, 2.05) is 0 Å². The number of aromatic nitrogens is 1. The van der Waals surface area contributed by atoms with Crippen LogP contribution in [-0.4, -0.2) is 12.1 Å². The largest absolute Gasteiger partial charge is 0.496 e. The molecule has 0 radical (unpaired) electrons. The predicted molar refractivity (Wildman–Crippen MR) is 58.0 cm³/mol. The lowest BCUT2D eigenvalue weighted by Gasteiger charge is -2.14. The molecule has 0 spiro atoms. The summed E-state index contributed by atoms with van der Waals surface area (Å²) in [5.41, 5.74) is -0.692. The first-order valence-corrected chi connectivity index (χ1v) is 4.92. The van der Waals surface area contributed by atoms with Gasteiger partial charge in [0, 0.05) is 5.39 Å². The van der Waals surface area contributed by atoms with Crippen LogP contribution in [0.5, 0.6) is 5.75 Å². The maximum atomic E-state index is 13.0. The number of nitrogens with zero attached hydrogens (tertiary/aromatic N) is 2. The standard InChI is InChI=1S/C12H7F3N2O/c1-18-10-5-4-9-8(11(10)12(13,14)15)3-2-7(6-16)17-9/h2-5H,1H3. The van der Waals surface area contributed by atoms with Gasteiger partial charge in [-0.2, -0.15) is 18.4 Å². The second-order valence-corrected chi connectivity index (χ2v) is 3.52. The summed E-state index contributed by atoms with van der Waals surface area (Å²) in [6.45, 7) is 0. The molecular weight excluding hydrogens is 245 g/mol. The Labute approximate surface area is 100 Å². The van der Waals surface area contributed by atoms with Crippen LogP contribution in [0, 0.1) is 11.3 Å². The molecule has 0 fully saturated rings. The van der Waals surface area contributed by atoms with Crippen LogP contribution >= 0.6 is 0 Å². The Bertz CT molecular complexity index is 644. The Balaban J connectivity index is 2.83. The Kier molecular flexibility index (Phi) is 2.83. The number of hydrogen-bond acceptors (Lipinski definition) is 3. The zero-order chi connectivity index (χ0) is 13.3. The normalized spacial score (nSPS) is 11.3. The Morgan fingerprint density at radius 1 is 1.22 bits per heavy atom. The van der Waals surface area contributed by atoms with E-state index in [0.717, 1.165) is 0 Å². The van der Waals surface area contributed by atoms with Gasteiger partial charge in [-0.15, -0.1) is 0 Å². The van der Waals surface area contributed by atoms with Crippen molar-refractivity contribution in [2.45, 2.75) is 6.18 Å². The van der Waals surface area contributed by atoms with Crippen molar-refractivity contribution in [3.05, 3.63) is 35.5 Å². The fourth-order valence-corrected chi connectivity index (χ4v) is 1.71. The monoisotopic (exact) mass is 252 g/mol. The van der Waals surface area contributed by atoms with Gasteiger partial charge in [-0.1, -0.05) is 0 Å². The molecule has 0 N–H and O–H groups in total. The Morgan fingerprint density at radius 3 is 2.50 bits per heavy atom. The molecule has 0 aliphatic carbocycles. The molecule has 6 heteroatoms. The van der Waals surface area contributed by atoms with Crippen LogP contribution in [0.4, 0.5) is 13.2 Å². The number of pyridine rings is 1. The molecule has 0 saturated carbocycles. The van der Waals surface area contributed by atoms with E-state index in [2.05, 4.69) is 4.98 Å². The quantitative estimate of drug-likeness (QED) is 0.783. The van der Waals surface area contributed by atoms with Crippen molar-refractivity contribution < 1.29 is 17.9 Å². The van der Waals surface area contributed by atoms with Gasteiger partial charge < -0.3 is 4.74 Å². The number of nitriles is 1. The van der Waals surface area contributed by atoms with Crippen LogP contribution in [0.3, 0.4) is 0 Å². The summed E-state index contributed by atoms with van der Waals surface area (Å²) in [6, 6.07) is 6.84. The topological polar surface area (TPSA) is 45.9 Å². The van der Waals surface area contributed by atoms with Crippen LogP contribution < -0.4 is 4.74 Å². The lowest BCUT2D eigenvalue weighted by molar-refractivity contribution is -0.137. The minimum Gasteiger partial charge on any atom is -0.496 e. The predicted octanol–water partition coefficient (Wildman–Crippen LogP) is 3.13. The first-order chi connectivity index (χ1) is 8.47. The molecule has 3 nitrogen and oxygen atoms in total. The highest BCUT2D eigenvalue weighted by Crippen LogP contribution is 2.40. The fourth-order valence-electron chi connectivity index (χ4n) is 1.71. The third kappa shape index (κ3) is 1.95. The molecule has 1 heterocycles. The highest BCUT2D eigenvalue weighted by Gasteiger charge is 2.36. The van der Waals surface area contributed by atoms with Gasteiger partial charge in [0.2, 0.25) is 0 Å². The minimum atomic E-state index is -4.54. The molecule has 2 rings (SSSR count). The molecule has 0 aliphatic heterocycles. The molecule has 0 bridgehead atoms. The van der Waals surface area contributed by atoms with E-state index >= 15 is 0 Å². The average molecular weight is 252 g/mol. The first kappa shape index (κ1) is 12.2. The second-order valence-electron chi connectivity index (χ2n) is 3.52. The van der Waals surface area contributed by atoms with Gasteiger partial charge in [0.15, 0.2) is 0 Å². The van der Waals surface area contributed by atoms with Gasteiger partial charge in [-0.3, -0.25) is 0 Å². The number of alkyl halides is 3. The van der Waals surface area contributed by atoms with Gasteiger partial charge in [0.05, 0.1) is 12.6 Å². The van der Waals surface area contributed by atoms with E-state index < -0.39 is 11.7 Å². The molecule has 0 unspecified atom stereocenters. The summed E-state index contributed by atoms with van der Waals surface area (Å²) in [5, 5.41) is 8.59. The van der Waals surface area contributed by atoms with E-state index in [0.29, 0.717) is 0 Å². The molecule has 1 aromatic carbocycles. The summed E-state index contributed by atoms with van der Waals surface area (Å²) < 4.78 is 43.6. The molecule has 92 valence electrons. The van der Waals surface area contributed by atoms with E-state index in [-0.39, 0.29) is 22.3 Å². The third-order valence-electron chi connectivity index (χ3n) is 2.45. The molecule has 18 heavy (non-hydrogen) atoms. The van der Waals surface area contributed by atoms with Crippen LogP contribution in [0.25, 0.3) is 10.9 Å². The van der Waals surface area contributed by atoms with Crippen LogP contribution in [0.1, 0.15) is 11.3 Å². The highest BCUT2D eigenvalue weighted by molar-refractivity contribution is 5.85. The number of halogens is 3. The molecule has 2 aromatic rings. The number of benzene rings is 1. The second kappa shape index (κ2) is 4.18. The molecule has 0 amide bonds. The molecule has 1 aromatic heterocycles. The van der Waals surface area contributed by atoms with Crippen molar-refractivity contribution in [2.24, 2.45) is 0 Å².